The van der Waals surface area contributed by atoms with Crippen LogP contribution < -0.4 is 15.5 Å². The SMILES string of the molecule is Cc1ccc(N2CC3CC2CN3c2ncc(C(N)=O)cn2)cc1. The summed E-state index contributed by atoms with van der Waals surface area (Å²) in [7, 11) is 0. The van der Waals surface area contributed by atoms with E-state index >= 15 is 0 Å². The number of amides is 1. The van der Waals surface area contributed by atoms with Gasteiger partial charge in [0.2, 0.25) is 5.95 Å². The van der Waals surface area contributed by atoms with Crippen molar-refractivity contribution in [2.24, 2.45) is 5.73 Å². The third kappa shape index (κ3) is 2.40. The zero-order chi connectivity index (χ0) is 16.0. The van der Waals surface area contributed by atoms with Gasteiger partial charge in [0.25, 0.3) is 5.91 Å². The average molecular weight is 309 g/mol. The smallest absolute Gasteiger partial charge is 0.251 e. The molecule has 1 amide bonds. The lowest BCUT2D eigenvalue weighted by Crippen LogP contribution is -2.47. The van der Waals surface area contributed by atoms with Crippen LogP contribution in [0.4, 0.5) is 11.6 Å². The first-order valence-corrected chi connectivity index (χ1v) is 7.83. The topological polar surface area (TPSA) is 75.3 Å². The molecule has 2 aromatic rings. The summed E-state index contributed by atoms with van der Waals surface area (Å²) < 4.78 is 0. The minimum atomic E-state index is -0.495. The number of fused-ring (bicyclic) bond motifs is 2. The molecule has 2 aliphatic heterocycles. The molecule has 4 rings (SSSR count). The van der Waals surface area contributed by atoms with Crippen LogP contribution in [0.5, 0.6) is 0 Å². The van der Waals surface area contributed by atoms with Crippen LogP contribution in [0.3, 0.4) is 0 Å². The predicted octanol–water partition coefficient (Wildman–Crippen LogP) is 1.35. The number of nitrogens with zero attached hydrogens (tertiary/aromatic N) is 4. The van der Waals surface area contributed by atoms with Crippen molar-refractivity contribution in [1.29, 1.82) is 0 Å². The van der Waals surface area contributed by atoms with E-state index in [9.17, 15) is 4.79 Å². The first-order valence-electron chi connectivity index (χ1n) is 7.83. The van der Waals surface area contributed by atoms with E-state index in [1.165, 1.54) is 23.6 Å². The third-order valence-corrected chi connectivity index (χ3v) is 4.79. The number of carbonyl (C=O) groups is 1. The second-order valence-electron chi connectivity index (χ2n) is 6.32. The van der Waals surface area contributed by atoms with Crippen molar-refractivity contribution < 1.29 is 4.79 Å². The van der Waals surface area contributed by atoms with Crippen molar-refractivity contribution in [3.63, 3.8) is 0 Å². The molecule has 2 fully saturated rings. The fraction of sp³-hybridized carbons (Fsp3) is 0.353. The first-order chi connectivity index (χ1) is 11.1. The number of benzene rings is 1. The molecule has 2 unspecified atom stereocenters. The van der Waals surface area contributed by atoms with Crippen molar-refractivity contribution >= 4 is 17.5 Å². The molecule has 3 heterocycles. The van der Waals surface area contributed by atoms with E-state index in [-0.39, 0.29) is 0 Å². The lowest BCUT2D eigenvalue weighted by molar-refractivity contribution is 0.0999. The van der Waals surface area contributed by atoms with Gasteiger partial charge in [-0.3, -0.25) is 4.79 Å². The third-order valence-electron chi connectivity index (χ3n) is 4.79. The predicted molar refractivity (Wildman–Crippen MR) is 88.6 cm³/mol. The summed E-state index contributed by atoms with van der Waals surface area (Å²) >= 11 is 0. The van der Waals surface area contributed by atoms with Gasteiger partial charge in [-0.15, -0.1) is 0 Å². The summed E-state index contributed by atoms with van der Waals surface area (Å²) in [5.74, 6) is 0.191. The summed E-state index contributed by atoms with van der Waals surface area (Å²) in [6.45, 7) is 4.00. The number of hydrogen-bond acceptors (Lipinski definition) is 5. The van der Waals surface area contributed by atoms with Gasteiger partial charge in [-0.25, -0.2) is 9.97 Å². The Bertz CT molecular complexity index is 728. The van der Waals surface area contributed by atoms with Crippen molar-refractivity contribution in [2.75, 3.05) is 22.9 Å². The molecule has 0 spiro atoms. The number of aromatic nitrogens is 2. The Hall–Kier alpha value is -2.63. The highest BCUT2D eigenvalue weighted by Crippen LogP contribution is 2.36. The van der Waals surface area contributed by atoms with E-state index in [0.29, 0.717) is 23.6 Å². The van der Waals surface area contributed by atoms with Crippen molar-refractivity contribution in [1.82, 2.24) is 9.97 Å². The Morgan fingerprint density at radius 2 is 1.70 bits per heavy atom. The minimum absolute atomic E-state index is 0.347. The summed E-state index contributed by atoms with van der Waals surface area (Å²) in [5.41, 5.74) is 8.14. The normalized spacial score (nSPS) is 22.7. The summed E-state index contributed by atoms with van der Waals surface area (Å²) in [4.78, 5) is 24.4. The van der Waals surface area contributed by atoms with E-state index in [0.717, 1.165) is 19.5 Å². The number of nitrogens with two attached hydrogens (primary N) is 1. The molecule has 0 saturated carbocycles. The Kier molecular flexibility index (Phi) is 3.18. The molecule has 6 heteroatoms. The van der Waals surface area contributed by atoms with E-state index < -0.39 is 5.91 Å². The van der Waals surface area contributed by atoms with Crippen LogP contribution in [-0.4, -0.2) is 41.0 Å². The molecule has 2 bridgehead atoms. The molecule has 1 aromatic carbocycles. The number of primary amides is 1. The van der Waals surface area contributed by atoms with Gasteiger partial charge in [0.1, 0.15) is 0 Å². The van der Waals surface area contributed by atoms with Gasteiger partial charge in [-0.05, 0) is 25.5 Å². The van der Waals surface area contributed by atoms with Gasteiger partial charge in [0.15, 0.2) is 0 Å². The standard InChI is InChI=1S/C17H19N5O/c1-11-2-4-13(5-3-11)21-9-15-6-14(21)10-22(15)17-19-7-12(8-20-17)16(18)23/h2-5,7-8,14-15H,6,9-10H2,1H3,(H2,18,23). The number of piperazine rings is 1. The Balaban J connectivity index is 1.50. The molecular weight excluding hydrogens is 290 g/mol. The number of aryl methyl sites for hydroxylation is 1. The molecule has 2 N–H and O–H groups in total. The van der Waals surface area contributed by atoms with Crippen LogP contribution in [0.15, 0.2) is 36.7 Å². The summed E-state index contributed by atoms with van der Waals surface area (Å²) in [5, 5.41) is 0. The van der Waals surface area contributed by atoms with Gasteiger partial charge >= 0.3 is 0 Å². The van der Waals surface area contributed by atoms with Gasteiger partial charge < -0.3 is 15.5 Å². The highest BCUT2D eigenvalue weighted by molar-refractivity contribution is 5.92. The van der Waals surface area contributed by atoms with Crippen LogP contribution in [0.1, 0.15) is 22.3 Å². The van der Waals surface area contributed by atoms with Gasteiger partial charge in [-0.2, -0.15) is 0 Å². The monoisotopic (exact) mass is 309 g/mol. The molecule has 0 aliphatic carbocycles. The Labute approximate surface area is 134 Å². The zero-order valence-electron chi connectivity index (χ0n) is 13.0. The number of hydrogen-bond donors (Lipinski definition) is 1. The highest BCUT2D eigenvalue weighted by Gasteiger charge is 2.44. The van der Waals surface area contributed by atoms with Crippen molar-refractivity contribution in [2.45, 2.75) is 25.4 Å². The minimum Gasteiger partial charge on any atom is -0.366 e. The summed E-state index contributed by atoms with van der Waals surface area (Å²) in [6, 6.07) is 9.61. The maximum absolute atomic E-state index is 11.1. The summed E-state index contributed by atoms with van der Waals surface area (Å²) in [6.07, 6.45) is 4.14. The quantitative estimate of drug-likeness (QED) is 0.926. The lowest BCUT2D eigenvalue weighted by Gasteiger charge is -2.35. The largest absolute Gasteiger partial charge is 0.366 e. The fourth-order valence-corrected chi connectivity index (χ4v) is 3.56. The van der Waals surface area contributed by atoms with Crippen molar-refractivity contribution in [3.8, 4) is 0 Å². The molecule has 6 nitrogen and oxygen atoms in total. The number of anilines is 2. The number of rotatable bonds is 3. The van der Waals surface area contributed by atoms with Crippen molar-refractivity contribution in [3.05, 3.63) is 47.8 Å². The molecule has 0 radical (unpaired) electrons. The zero-order valence-corrected chi connectivity index (χ0v) is 13.0. The molecule has 2 atom stereocenters. The molecule has 2 aliphatic rings. The van der Waals surface area contributed by atoms with E-state index in [1.54, 1.807) is 0 Å². The second kappa shape index (κ2) is 5.22. The fourth-order valence-electron chi connectivity index (χ4n) is 3.56. The van der Waals surface area contributed by atoms with Crippen LogP contribution in [0.2, 0.25) is 0 Å². The molecule has 1 aromatic heterocycles. The maximum atomic E-state index is 11.1. The molecule has 2 saturated heterocycles. The highest BCUT2D eigenvalue weighted by atomic mass is 16.1. The number of carbonyl (C=O) groups excluding carboxylic acids is 1. The van der Waals surface area contributed by atoms with Crippen LogP contribution >= 0.6 is 0 Å². The first kappa shape index (κ1) is 14.0. The molecule has 23 heavy (non-hydrogen) atoms. The van der Waals surface area contributed by atoms with Crippen LogP contribution in [0.25, 0.3) is 0 Å². The van der Waals surface area contributed by atoms with E-state index in [1.807, 2.05) is 0 Å². The lowest BCUT2D eigenvalue weighted by atomic mass is 10.2. The molecular formula is C17H19N5O. The van der Waals surface area contributed by atoms with E-state index in [2.05, 4.69) is 51.0 Å². The van der Waals surface area contributed by atoms with Crippen LogP contribution in [-0.2, 0) is 0 Å². The second-order valence-corrected chi connectivity index (χ2v) is 6.32. The maximum Gasteiger partial charge on any atom is 0.251 e. The van der Waals surface area contributed by atoms with Gasteiger partial charge in [0, 0.05) is 37.2 Å². The van der Waals surface area contributed by atoms with E-state index in [4.69, 9.17) is 5.73 Å². The van der Waals surface area contributed by atoms with Crippen LogP contribution in [0, 0.1) is 6.92 Å². The molecule has 118 valence electrons. The average Bonchev–Trinajstić information content (AvgIpc) is 3.16. The Morgan fingerprint density at radius 1 is 1.09 bits per heavy atom. The van der Waals surface area contributed by atoms with Gasteiger partial charge in [-0.1, -0.05) is 17.7 Å². The Morgan fingerprint density at radius 3 is 2.26 bits per heavy atom. The van der Waals surface area contributed by atoms with Gasteiger partial charge in [0.05, 0.1) is 11.6 Å².